The summed E-state index contributed by atoms with van der Waals surface area (Å²) < 4.78 is 57.1. The zero-order chi connectivity index (χ0) is 24.4. The largest absolute Gasteiger partial charge is 0.478 e. The quantitative estimate of drug-likeness (QED) is 0.353. The summed E-state index contributed by atoms with van der Waals surface area (Å²) in [5, 5.41) is 8.58. The molecule has 0 radical (unpaired) electrons. The Hall–Kier alpha value is -3.20. The van der Waals surface area contributed by atoms with Crippen LogP contribution in [0.3, 0.4) is 0 Å². The summed E-state index contributed by atoms with van der Waals surface area (Å²) in [5.74, 6) is -3.07. The third kappa shape index (κ3) is 3.50. The summed E-state index contributed by atoms with van der Waals surface area (Å²) in [6, 6.07) is 4.18. The van der Waals surface area contributed by atoms with Gasteiger partial charge in [0.15, 0.2) is 0 Å². The fourth-order valence-corrected chi connectivity index (χ4v) is 5.24. The second-order valence-electron chi connectivity index (χ2n) is 8.70. The molecular weight excluding hydrogens is 476 g/mol. The van der Waals surface area contributed by atoms with Gasteiger partial charge in [-0.25, -0.2) is 14.2 Å². The number of carboxylic acids is 1. The molecule has 5 rings (SSSR count). The van der Waals surface area contributed by atoms with Gasteiger partial charge in [0.05, 0.1) is 16.7 Å². The van der Waals surface area contributed by atoms with Gasteiger partial charge in [-0.1, -0.05) is 17.7 Å². The van der Waals surface area contributed by atoms with E-state index in [4.69, 9.17) is 16.7 Å². The van der Waals surface area contributed by atoms with Crippen LogP contribution < -0.4 is 0 Å². The van der Waals surface area contributed by atoms with Crippen molar-refractivity contribution in [2.75, 3.05) is 0 Å². The number of benzene rings is 1. The molecule has 0 bridgehead atoms. The summed E-state index contributed by atoms with van der Waals surface area (Å²) in [5.41, 5.74) is -0.728. The zero-order valence-electron chi connectivity index (χ0n) is 17.5. The van der Waals surface area contributed by atoms with Crippen LogP contribution in [0.2, 0.25) is 5.15 Å². The Kier molecular flexibility index (Phi) is 5.09. The molecule has 0 saturated heterocycles. The highest BCUT2D eigenvalue weighted by molar-refractivity contribution is 6.33. The van der Waals surface area contributed by atoms with Gasteiger partial charge >= 0.3 is 12.1 Å². The van der Waals surface area contributed by atoms with E-state index in [0.29, 0.717) is 23.7 Å². The molecule has 34 heavy (non-hydrogen) atoms. The van der Waals surface area contributed by atoms with E-state index in [9.17, 15) is 22.8 Å². The molecule has 1 aromatic carbocycles. The molecule has 0 aliphatic heterocycles. The van der Waals surface area contributed by atoms with Crippen molar-refractivity contribution in [2.24, 2.45) is 0 Å². The summed E-state index contributed by atoms with van der Waals surface area (Å²) in [6.45, 7) is 0. The molecule has 2 aromatic heterocycles. The highest BCUT2D eigenvalue weighted by Gasteiger charge is 2.50. The lowest BCUT2D eigenvalue weighted by Crippen LogP contribution is -2.23. The number of hydrogen-bond acceptors (Lipinski definition) is 3. The van der Waals surface area contributed by atoms with E-state index in [1.807, 2.05) is 0 Å². The molecular formula is C24H17ClF4N2O3. The second-order valence-corrected chi connectivity index (χ2v) is 9.05. The van der Waals surface area contributed by atoms with Gasteiger partial charge in [-0.15, -0.1) is 0 Å². The number of halogens is 5. The Morgan fingerprint density at radius 1 is 1.12 bits per heavy atom. The molecule has 2 heterocycles. The van der Waals surface area contributed by atoms with E-state index in [-0.39, 0.29) is 16.5 Å². The average molecular weight is 493 g/mol. The molecule has 0 unspecified atom stereocenters. The average Bonchev–Trinajstić information content (AvgIpc) is 3.42. The molecule has 5 nitrogen and oxygen atoms in total. The number of carboxylic acid groups (broad SMARTS) is 1. The number of alkyl halides is 3. The monoisotopic (exact) mass is 492 g/mol. The smallest absolute Gasteiger partial charge is 0.417 e. The number of rotatable bonds is 3. The predicted octanol–water partition coefficient (Wildman–Crippen LogP) is 6.12. The molecule has 2 aliphatic carbocycles. The van der Waals surface area contributed by atoms with Gasteiger partial charge in [-0.3, -0.25) is 9.36 Å². The minimum absolute atomic E-state index is 0.0919. The standard InChI is InChI=1S/C24H17ClF4N2O3/c25-20-18(15(5-9-30-20)24(27,28)29)21(32)31-11-14(13-4-3-12(22(33)34)10-16(13)26)19-17(31)2-1-6-23(19)7-8-23/h3-5,9-11H,1-2,6-8H2,(H,33,34). The van der Waals surface area contributed by atoms with E-state index in [2.05, 4.69) is 4.98 Å². The van der Waals surface area contributed by atoms with Gasteiger partial charge in [-0.05, 0) is 61.3 Å². The molecule has 1 fully saturated rings. The van der Waals surface area contributed by atoms with Crippen molar-refractivity contribution in [1.29, 1.82) is 0 Å². The van der Waals surface area contributed by atoms with E-state index >= 15 is 4.39 Å². The number of aromatic nitrogens is 2. The van der Waals surface area contributed by atoms with Crippen molar-refractivity contribution in [2.45, 2.75) is 43.7 Å². The van der Waals surface area contributed by atoms with Crippen LogP contribution in [0.1, 0.15) is 63.2 Å². The van der Waals surface area contributed by atoms with Crippen LogP contribution >= 0.6 is 11.6 Å². The molecule has 0 amide bonds. The van der Waals surface area contributed by atoms with Crippen molar-refractivity contribution in [3.8, 4) is 11.1 Å². The first kappa shape index (κ1) is 22.6. The normalized spacial score (nSPS) is 16.4. The van der Waals surface area contributed by atoms with Crippen molar-refractivity contribution < 1.29 is 32.3 Å². The molecule has 3 aromatic rings. The van der Waals surface area contributed by atoms with E-state index < -0.39 is 40.2 Å². The maximum Gasteiger partial charge on any atom is 0.417 e. The van der Waals surface area contributed by atoms with Crippen LogP contribution in [0.15, 0.2) is 36.7 Å². The Balaban J connectivity index is 1.73. The number of fused-ring (bicyclic) bond motifs is 2. The lowest BCUT2D eigenvalue weighted by Gasteiger charge is -2.25. The number of hydrogen-bond donors (Lipinski definition) is 1. The maximum atomic E-state index is 15.0. The Morgan fingerprint density at radius 3 is 2.47 bits per heavy atom. The Labute approximate surface area is 196 Å². The van der Waals surface area contributed by atoms with Crippen LogP contribution in [0.25, 0.3) is 11.1 Å². The van der Waals surface area contributed by atoms with Gasteiger partial charge in [0, 0.05) is 29.2 Å². The van der Waals surface area contributed by atoms with Crippen LogP contribution in [0.4, 0.5) is 17.6 Å². The predicted molar refractivity (Wildman–Crippen MR) is 115 cm³/mol. The van der Waals surface area contributed by atoms with Gasteiger partial charge in [0.2, 0.25) is 0 Å². The Bertz CT molecular complexity index is 1360. The number of carbonyl (C=O) groups excluding carboxylic acids is 1. The lowest BCUT2D eigenvalue weighted by atomic mass is 9.80. The van der Waals surface area contributed by atoms with Crippen molar-refractivity contribution in [3.05, 3.63) is 75.6 Å². The fourth-order valence-electron chi connectivity index (χ4n) is 5.00. The van der Waals surface area contributed by atoms with E-state index in [1.54, 1.807) is 0 Å². The number of pyridine rings is 1. The van der Waals surface area contributed by atoms with E-state index in [1.165, 1.54) is 18.3 Å². The van der Waals surface area contributed by atoms with Gasteiger partial charge in [0.25, 0.3) is 5.91 Å². The molecule has 1 saturated carbocycles. The third-order valence-electron chi connectivity index (χ3n) is 6.71. The number of carbonyl (C=O) groups is 2. The van der Waals surface area contributed by atoms with E-state index in [0.717, 1.165) is 48.1 Å². The first-order chi connectivity index (χ1) is 16.0. The molecule has 1 N–H and O–H groups in total. The molecule has 1 spiro atoms. The minimum Gasteiger partial charge on any atom is -0.478 e. The fraction of sp³-hybridized carbons (Fsp3) is 0.292. The Morgan fingerprint density at radius 2 is 1.85 bits per heavy atom. The lowest BCUT2D eigenvalue weighted by molar-refractivity contribution is -0.138. The summed E-state index contributed by atoms with van der Waals surface area (Å²) >= 11 is 5.97. The third-order valence-corrected chi connectivity index (χ3v) is 7.00. The summed E-state index contributed by atoms with van der Waals surface area (Å²) in [7, 11) is 0. The van der Waals surface area contributed by atoms with Crippen LogP contribution in [0.5, 0.6) is 0 Å². The van der Waals surface area contributed by atoms with Gasteiger partial charge in [-0.2, -0.15) is 13.2 Å². The number of aromatic carboxylic acids is 1. The van der Waals surface area contributed by atoms with Crippen LogP contribution in [-0.4, -0.2) is 26.5 Å². The molecule has 176 valence electrons. The SMILES string of the molecule is O=C(O)c1ccc(-c2cn(C(=O)c3c(C(F)(F)F)ccnc3Cl)c3c2C2(CCC3)CC2)c(F)c1. The maximum absolute atomic E-state index is 15.0. The molecule has 2 aliphatic rings. The topological polar surface area (TPSA) is 72.2 Å². The minimum atomic E-state index is -4.83. The summed E-state index contributed by atoms with van der Waals surface area (Å²) in [6.07, 6.45) is 1.03. The first-order valence-corrected chi connectivity index (χ1v) is 11.0. The van der Waals surface area contributed by atoms with Crippen LogP contribution in [-0.2, 0) is 18.0 Å². The van der Waals surface area contributed by atoms with Crippen molar-refractivity contribution in [1.82, 2.24) is 9.55 Å². The molecule has 0 atom stereocenters. The van der Waals surface area contributed by atoms with Crippen molar-refractivity contribution in [3.63, 3.8) is 0 Å². The van der Waals surface area contributed by atoms with Crippen LogP contribution in [0, 0.1) is 5.82 Å². The molecule has 10 heteroatoms. The highest BCUT2D eigenvalue weighted by atomic mass is 35.5. The summed E-state index contributed by atoms with van der Waals surface area (Å²) in [4.78, 5) is 28.4. The second kappa shape index (κ2) is 7.66. The first-order valence-electron chi connectivity index (χ1n) is 10.6. The van der Waals surface area contributed by atoms with Crippen molar-refractivity contribution >= 4 is 23.5 Å². The zero-order valence-corrected chi connectivity index (χ0v) is 18.3. The number of nitrogens with zero attached hydrogens (tertiary/aromatic N) is 2. The van der Waals surface area contributed by atoms with Gasteiger partial charge in [0.1, 0.15) is 11.0 Å². The highest BCUT2D eigenvalue weighted by Crippen LogP contribution is 2.58. The van der Waals surface area contributed by atoms with Gasteiger partial charge < -0.3 is 5.11 Å².